The summed E-state index contributed by atoms with van der Waals surface area (Å²) in [5.41, 5.74) is 6.88. The molecule has 1 rings (SSSR count). The van der Waals surface area contributed by atoms with E-state index in [9.17, 15) is 8.42 Å². The molecule has 0 spiro atoms. The minimum Gasteiger partial charge on any atom is -0.397 e. The van der Waals surface area contributed by atoms with Gasteiger partial charge in [-0.1, -0.05) is 6.08 Å². The molecule has 0 aliphatic rings. The number of rotatable bonds is 4. The molecule has 4 nitrogen and oxygen atoms in total. The number of nitrogen functional groups attached to an aromatic ring is 1. The van der Waals surface area contributed by atoms with Crippen molar-refractivity contribution in [1.82, 2.24) is 0 Å². The van der Waals surface area contributed by atoms with Gasteiger partial charge in [-0.15, -0.1) is 6.58 Å². The van der Waals surface area contributed by atoms with E-state index in [1.807, 2.05) is 6.92 Å². The van der Waals surface area contributed by atoms with Crippen LogP contribution in [0.15, 0.2) is 35.7 Å². The predicted molar refractivity (Wildman–Crippen MR) is 67.2 cm³/mol. The zero-order valence-corrected chi connectivity index (χ0v) is 10.2. The standard InChI is InChI=1S/C11H16N2O2S/c1-4-8(2)13-11-6-5-9(7-10(11)12)16(3,14)15/h4-8,13H,1,12H2,2-3H3. The molecular weight excluding hydrogens is 224 g/mol. The van der Waals surface area contributed by atoms with E-state index in [-0.39, 0.29) is 10.9 Å². The van der Waals surface area contributed by atoms with E-state index < -0.39 is 9.84 Å². The van der Waals surface area contributed by atoms with E-state index in [1.54, 1.807) is 12.1 Å². The summed E-state index contributed by atoms with van der Waals surface area (Å²) >= 11 is 0. The second kappa shape index (κ2) is 4.57. The Morgan fingerprint density at radius 2 is 2.12 bits per heavy atom. The highest BCUT2D eigenvalue weighted by Crippen LogP contribution is 2.23. The molecule has 0 aliphatic heterocycles. The van der Waals surface area contributed by atoms with Crippen molar-refractivity contribution in [2.24, 2.45) is 0 Å². The third-order valence-electron chi connectivity index (χ3n) is 2.19. The molecule has 5 heteroatoms. The van der Waals surface area contributed by atoms with Crippen LogP contribution in [-0.2, 0) is 9.84 Å². The zero-order chi connectivity index (χ0) is 12.3. The molecule has 0 aromatic heterocycles. The summed E-state index contributed by atoms with van der Waals surface area (Å²) < 4.78 is 22.6. The SMILES string of the molecule is C=CC(C)Nc1ccc(S(C)(=O)=O)cc1N. The Kier molecular flexibility index (Phi) is 3.59. The molecule has 0 heterocycles. The van der Waals surface area contributed by atoms with Crippen molar-refractivity contribution in [2.45, 2.75) is 17.9 Å². The molecule has 1 unspecified atom stereocenters. The monoisotopic (exact) mass is 240 g/mol. The Morgan fingerprint density at radius 3 is 2.56 bits per heavy atom. The maximum Gasteiger partial charge on any atom is 0.175 e. The van der Waals surface area contributed by atoms with Crippen LogP contribution in [0.2, 0.25) is 0 Å². The van der Waals surface area contributed by atoms with Crippen LogP contribution in [0.25, 0.3) is 0 Å². The molecule has 0 fully saturated rings. The van der Waals surface area contributed by atoms with Crippen LogP contribution in [-0.4, -0.2) is 20.7 Å². The van der Waals surface area contributed by atoms with E-state index in [1.165, 1.54) is 12.1 Å². The van der Waals surface area contributed by atoms with Crippen LogP contribution >= 0.6 is 0 Å². The molecule has 0 amide bonds. The van der Waals surface area contributed by atoms with Crippen LogP contribution in [0, 0.1) is 0 Å². The molecule has 88 valence electrons. The van der Waals surface area contributed by atoms with Crippen molar-refractivity contribution in [3.8, 4) is 0 Å². The van der Waals surface area contributed by atoms with Crippen LogP contribution < -0.4 is 11.1 Å². The second-order valence-electron chi connectivity index (χ2n) is 3.69. The fourth-order valence-corrected chi connectivity index (χ4v) is 1.86. The van der Waals surface area contributed by atoms with Crippen LogP contribution in [0.3, 0.4) is 0 Å². The van der Waals surface area contributed by atoms with Crippen LogP contribution in [0.4, 0.5) is 11.4 Å². The van der Waals surface area contributed by atoms with Gasteiger partial charge in [-0.25, -0.2) is 8.42 Å². The van der Waals surface area contributed by atoms with E-state index in [0.717, 1.165) is 6.26 Å². The lowest BCUT2D eigenvalue weighted by atomic mass is 10.2. The number of hydrogen-bond acceptors (Lipinski definition) is 4. The normalized spacial score (nSPS) is 13.1. The Hall–Kier alpha value is -1.49. The Bertz CT molecular complexity index is 495. The highest BCUT2D eigenvalue weighted by Gasteiger charge is 2.09. The van der Waals surface area contributed by atoms with Gasteiger partial charge in [-0.05, 0) is 25.1 Å². The van der Waals surface area contributed by atoms with Gasteiger partial charge in [0.25, 0.3) is 0 Å². The third kappa shape index (κ3) is 3.00. The number of nitrogens with one attached hydrogen (secondary N) is 1. The largest absolute Gasteiger partial charge is 0.397 e. The van der Waals surface area contributed by atoms with Gasteiger partial charge in [0, 0.05) is 12.3 Å². The molecule has 0 aliphatic carbocycles. The van der Waals surface area contributed by atoms with Crippen molar-refractivity contribution in [2.75, 3.05) is 17.3 Å². The summed E-state index contributed by atoms with van der Waals surface area (Å²) in [5.74, 6) is 0. The minimum absolute atomic E-state index is 0.0754. The van der Waals surface area contributed by atoms with Crippen LogP contribution in [0.1, 0.15) is 6.92 Å². The van der Waals surface area contributed by atoms with Crippen LogP contribution in [0.5, 0.6) is 0 Å². The van der Waals surface area contributed by atoms with E-state index >= 15 is 0 Å². The fourth-order valence-electron chi connectivity index (χ4n) is 1.21. The fraction of sp³-hybridized carbons (Fsp3) is 0.273. The minimum atomic E-state index is -3.20. The molecule has 1 aromatic carbocycles. The van der Waals surface area contributed by atoms with Crippen molar-refractivity contribution in [1.29, 1.82) is 0 Å². The average Bonchev–Trinajstić information content (AvgIpc) is 2.19. The lowest BCUT2D eigenvalue weighted by Crippen LogP contribution is -2.13. The van der Waals surface area contributed by atoms with E-state index in [4.69, 9.17) is 5.73 Å². The Labute approximate surface area is 96.1 Å². The van der Waals surface area contributed by atoms with E-state index in [0.29, 0.717) is 11.4 Å². The predicted octanol–water partition coefficient (Wildman–Crippen LogP) is 1.66. The lowest BCUT2D eigenvalue weighted by molar-refractivity contribution is 0.602. The van der Waals surface area contributed by atoms with Gasteiger partial charge < -0.3 is 11.1 Å². The highest BCUT2D eigenvalue weighted by molar-refractivity contribution is 7.90. The lowest BCUT2D eigenvalue weighted by Gasteiger charge is -2.13. The number of nitrogens with two attached hydrogens (primary N) is 1. The highest BCUT2D eigenvalue weighted by atomic mass is 32.2. The molecule has 3 N–H and O–H groups in total. The zero-order valence-electron chi connectivity index (χ0n) is 9.40. The molecule has 16 heavy (non-hydrogen) atoms. The summed E-state index contributed by atoms with van der Waals surface area (Å²) in [5, 5.41) is 3.10. The third-order valence-corrected chi connectivity index (χ3v) is 3.30. The van der Waals surface area contributed by atoms with Gasteiger partial charge in [-0.3, -0.25) is 0 Å². The number of benzene rings is 1. The first-order chi connectivity index (χ1) is 7.34. The molecule has 0 saturated heterocycles. The Morgan fingerprint density at radius 1 is 1.50 bits per heavy atom. The maximum atomic E-state index is 11.3. The smallest absolute Gasteiger partial charge is 0.175 e. The average molecular weight is 240 g/mol. The number of hydrogen-bond donors (Lipinski definition) is 2. The van der Waals surface area contributed by atoms with Crippen molar-refractivity contribution >= 4 is 21.2 Å². The molecule has 1 atom stereocenters. The summed E-state index contributed by atoms with van der Waals surface area (Å²) in [4.78, 5) is 0.224. The van der Waals surface area contributed by atoms with Gasteiger partial charge in [0.2, 0.25) is 0 Å². The number of sulfone groups is 1. The first kappa shape index (κ1) is 12.6. The topological polar surface area (TPSA) is 72.2 Å². The summed E-state index contributed by atoms with van der Waals surface area (Å²) in [6.45, 7) is 5.57. The summed E-state index contributed by atoms with van der Waals surface area (Å²) in [6, 6.07) is 4.72. The molecule has 0 bridgehead atoms. The van der Waals surface area contributed by atoms with E-state index in [2.05, 4.69) is 11.9 Å². The molecule has 1 aromatic rings. The molecule has 0 saturated carbocycles. The van der Waals surface area contributed by atoms with Gasteiger partial charge in [0.05, 0.1) is 16.3 Å². The quantitative estimate of drug-likeness (QED) is 0.620. The summed E-state index contributed by atoms with van der Waals surface area (Å²) in [6.07, 6.45) is 2.89. The van der Waals surface area contributed by atoms with Crippen molar-refractivity contribution < 1.29 is 8.42 Å². The van der Waals surface area contributed by atoms with Gasteiger partial charge in [0.1, 0.15) is 0 Å². The van der Waals surface area contributed by atoms with Gasteiger partial charge >= 0.3 is 0 Å². The first-order valence-electron chi connectivity index (χ1n) is 4.83. The van der Waals surface area contributed by atoms with Crippen molar-refractivity contribution in [3.05, 3.63) is 30.9 Å². The first-order valence-corrected chi connectivity index (χ1v) is 6.72. The second-order valence-corrected chi connectivity index (χ2v) is 5.71. The number of anilines is 2. The maximum absolute atomic E-state index is 11.3. The summed E-state index contributed by atoms with van der Waals surface area (Å²) in [7, 11) is -3.20. The molecular formula is C11H16N2O2S. The molecule has 0 radical (unpaired) electrons. The Balaban J connectivity index is 3.05. The van der Waals surface area contributed by atoms with Crippen molar-refractivity contribution in [3.63, 3.8) is 0 Å². The van der Waals surface area contributed by atoms with Gasteiger partial charge in [-0.2, -0.15) is 0 Å². The van der Waals surface area contributed by atoms with Gasteiger partial charge in [0.15, 0.2) is 9.84 Å².